The number of fused-ring (bicyclic) bond motifs is 1. The fourth-order valence-electron chi connectivity index (χ4n) is 2.60. The Morgan fingerprint density at radius 3 is 2.70 bits per heavy atom. The summed E-state index contributed by atoms with van der Waals surface area (Å²) >= 11 is 5.81. The number of aromatic nitrogens is 1. The summed E-state index contributed by atoms with van der Waals surface area (Å²) in [4.78, 5) is 12.2. The van der Waals surface area contributed by atoms with Gasteiger partial charge in [-0.1, -0.05) is 11.6 Å². The van der Waals surface area contributed by atoms with E-state index < -0.39 is 0 Å². The Morgan fingerprint density at radius 1 is 1.15 bits per heavy atom. The van der Waals surface area contributed by atoms with Crippen molar-refractivity contribution in [2.24, 2.45) is 0 Å². The Balaban J connectivity index is 1.67. The normalized spacial score (nSPS) is 13.8. The second kappa shape index (κ2) is 5.71. The van der Waals surface area contributed by atoms with Crippen molar-refractivity contribution < 1.29 is 9.53 Å². The van der Waals surface area contributed by atoms with Gasteiger partial charge < -0.3 is 4.74 Å². The predicted octanol–water partition coefficient (Wildman–Crippen LogP) is 3.74. The first-order valence-corrected chi connectivity index (χ1v) is 7.22. The molecule has 104 valence electrons. The van der Waals surface area contributed by atoms with E-state index in [9.17, 15) is 4.79 Å². The van der Waals surface area contributed by atoms with E-state index in [2.05, 4.69) is 6.07 Å². The van der Waals surface area contributed by atoms with Gasteiger partial charge in [0.1, 0.15) is 5.75 Å². The van der Waals surface area contributed by atoms with Crippen molar-refractivity contribution in [1.82, 2.24) is 4.57 Å². The Hall–Kier alpha value is -1.74. The van der Waals surface area contributed by atoms with Crippen LogP contribution in [0.5, 0.6) is 5.75 Å². The molecule has 0 atom stereocenters. The van der Waals surface area contributed by atoms with E-state index in [1.54, 1.807) is 28.8 Å². The second-order valence-electron chi connectivity index (χ2n) is 5.00. The standard InChI is InChI=1S/C16H16ClNO2/c17-13-5-7-14(8-6-13)20-11-16(19)18-10-9-12-3-1-2-4-15(12)18/h5-10H,1-4,11H2. The molecular weight excluding hydrogens is 274 g/mol. The fraction of sp³-hybridized carbons (Fsp3) is 0.312. The molecule has 0 radical (unpaired) electrons. The highest BCUT2D eigenvalue weighted by molar-refractivity contribution is 6.30. The minimum Gasteiger partial charge on any atom is -0.484 e. The van der Waals surface area contributed by atoms with Crippen LogP contribution in [0.2, 0.25) is 5.02 Å². The lowest BCUT2D eigenvalue weighted by atomic mass is 9.98. The molecule has 0 saturated heterocycles. The van der Waals surface area contributed by atoms with Gasteiger partial charge in [0.15, 0.2) is 6.61 Å². The summed E-state index contributed by atoms with van der Waals surface area (Å²) in [6.45, 7) is 0.0444. The second-order valence-corrected chi connectivity index (χ2v) is 5.44. The zero-order valence-corrected chi connectivity index (χ0v) is 11.9. The molecule has 1 heterocycles. The molecule has 1 aromatic carbocycles. The van der Waals surface area contributed by atoms with Crippen molar-refractivity contribution in [3.8, 4) is 5.75 Å². The van der Waals surface area contributed by atoms with Gasteiger partial charge in [-0.3, -0.25) is 9.36 Å². The van der Waals surface area contributed by atoms with E-state index in [-0.39, 0.29) is 12.5 Å². The maximum absolute atomic E-state index is 12.2. The Kier molecular flexibility index (Phi) is 3.79. The van der Waals surface area contributed by atoms with Crippen LogP contribution in [0.1, 0.15) is 28.9 Å². The van der Waals surface area contributed by atoms with Crippen LogP contribution in [-0.2, 0) is 12.8 Å². The van der Waals surface area contributed by atoms with E-state index in [1.165, 1.54) is 12.0 Å². The van der Waals surface area contributed by atoms with Crippen LogP contribution in [0.15, 0.2) is 36.5 Å². The third-order valence-corrected chi connectivity index (χ3v) is 3.89. The van der Waals surface area contributed by atoms with E-state index in [0.29, 0.717) is 10.8 Å². The number of carbonyl (C=O) groups is 1. The molecule has 2 aromatic rings. The van der Waals surface area contributed by atoms with Gasteiger partial charge in [-0.2, -0.15) is 0 Å². The van der Waals surface area contributed by atoms with Gasteiger partial charge in [-0.25, -0.2) is 0 Å². The van der Waals surface area contributed by atoms with E-state index >= 15 is 0 Å². The van der Waals surface area contributed by atoms with Crippen molar-refractivity contribution in [3.05, 3.63) is 52.8 Å². The zero-order chi connectivity index (χ0) is 13.9. The number of hydrogen-bond acceptors (Lipinski definition) is 2. The Bertz CT molecular complexity index is 616. The van der Waals surface area contributed by atoms with E-state index in [4.69, 9.17) is 16.3 Å². The van der Waals surface area contributed by atoms with Crippen molar-refractivity contribution in [1.29, 1.82) is 0 Å². The lowest BCUT2D eigenvalue weighted by Crippen LogP contribution is -2.21. The zero-order valence-electron chi connectivity index (χ0n) is 11.1. The van der Waals surface area contributed by atoms with Crippen molar-refractivity contribution in [2.75, 3.05) is 6.61 Å². The maximum atomic E-state index is 12.2. The molecule has 4 heteroatoms. The van der Waals surface area contributed by atoms with Gasteiger partial charge in [-0.15, -0.1) is 0 Å². The summed E-state index contributed by atoms with van der Waals surface area (Å²) in [6, 6.07) is 9.08. The molecule has 0 spiro atoms. The number of halogens is 1. The van der Waals surface area contributed by atoms with Crippen molar-refractivity contribution in [3.63, 3.8) is 0 Å². The molecule has 1 aliphatic carbocycles. The summed E-state index contributed by atoms with van der Waals surface area (Å²) in [5.41, 5.74) is 2.46. The van der Waals surface area contributed by atoms with Crippen LogP contribution in [0.3, 0.4) is 0 Å². The van der Waals surface area contributed by atoms with Gasteiger partial charge in [0.2, 0.25) is 0 Å². The van der Waals surface area contributed by atoms with Crippen molar-refractivity contribution >= 4 is 17.5 Å². The predicted molar refractivity (Wildman–Crippen MR) is 78.6 cm³/mol. The third-order valence-electron chi connectivity index (χ3n) is 3.64. The van der Waals surface area contributed by atoms with Crippen LogP contribution < -0.4 is 4.74 Å². The monoisotopic (exact) mass is 289 g/mol. The number of rotatable bonds is 3. The van der Waals surface area contributed by atoms with Gasteiger partial charge in [0.05, 0.1) is 0 Å². The Morgan fingerprint density at radius 2 is 1.90 bits per heavy atom. The average Bonchev–Trinajstić information content (AvgIpc) is 2.90. The lowest BCUT2D eigenvalue weighted by Gasteiger charge is -2.15. The molecule has 20 heavy (non-hydrogen) atoms. The maximum Gasteiger partial charge on any atom is 0.268 e. The van der Waals surface area contributed by atoms with Gasteiger partial charge in [0, 0.05) is 16.9 Å². The molecule has 0 fully saturated rings. The van der Waals surface area contributed by atoms with Crippen LogP contribution in [-0.4, -0.2) is 17.1 Å². The first-order valence-electron chi connectivity index (χ1n) is 6.85. The SMILES string of the molecule is O=C(COc1ccc(Cl)cc1)n1ccc2c1CCCC2. The summed E-state index contributed by atoms with van der Waals surface area (Å²) in [6.07, 6.45) is 6.29. The van der Waals surface area contributed by atoms with Crippen LogP contribution >= 0.6 is 11.6 Å². The number of carbonyl (C=O) groups excluding carboxylic acids is 1. The number of hydrogen-bond donors (Lipinski definition) is 0. The molecule has 1 aromatic heterocycles. The number of benzene rings is 1. The average molecular weight is 290 g/mol. The summed E-state index contributed by atoms with van der Waals surface area (Å²) < 4.78 is 7.25. The summed E-state index contributed by atoms with van der Waals surface area (Å²) in [5, 5.41) is 0.656. The number of aryl methyl sites for hydroxylation is 1. The first kappa shape index (κ1) is 13.3. The summed E-state index contributed by atoms with van der Waals surface area (Å²) in [5.74, 6) is 0.631. The highest BCUT2D eigenvalue weighted by Crippen LogP contribution is 2.22. The smallest absolute Gasteiger partial charge is 0.268 e. The Labute approximate surface area is 123 Å². The highest BCUT2D eigenvalue weighted by Gasteiger charge is 2.17. The molecular formula is C16H16ClNO2. The van der Waals surface area contributed by atoms with Crippen LogP contribution in [0.4, 0.5) is 0 Å². The fourth-order valence-corrected chi connectivity index (χ4v) is 2.73. The third kappa shape index (κ3) is 2.73. The minimum atomic E-state index is -0.0249. The number of ether oxygens (including phenoxy) is 1. The molecule has 0 N–H and O–H groups in total. The van der Waals surface area contributed by atoms with Gasteiger partial charge in [0.25, 0.3) is 5.91 Å². The largest absolute Gasteiger partial charge is 0.484 e. The molecule has 0 bridgehead atoms. The molecule has 3 rings (SSSR count). The van der Waals surface area contributed by atoms with E-state index in [1.807, 2.05) is 6.20 Å². The highest BCUT2D eigenvalue weighted by atomic mass is 35.5. The lowest BCUT2D eigenvalue weighted by molar-refractivity contribution is 0.0834. The van der Waals surface area contributed by atoms with Gasteiger partial charge in [-0.05, 0) is 61.6 Å². The summed E-state index contributed by atoms with van der Waals surface area (Å²) in [7, 11) is 0. The molecule has 0 aliphatic heterocycles. The quantitative estimate of drug-likeness (QED) is 0.862. The van der Waals surface area contributed by atoms with Crippen LogP contribution in [0, 0.1) is 0 Å². The molecule has 0 amide bonds. The molecule has 0 unspecified atom stereocenters. The topological polar surface area (TPSA) is 31.2 Å². The molecule has 1 aliphatic rings. The van der Waals surface area contributed by atoms with E-state index in [0.717, 1.165) is 25.0 Å². The first-order chi connectivity index (χ1) is 9.74. The van der Waals surface area contributed by atoms with Crippen LogP contribution in [0.25, 0.3) is 0 Å². The van der Waals surface area contributed by atoms with Crippen molar-refractivity contribution in [2.45, 2.75) is 25.7 Å². The minimum absolute atomic E-state index is 0.0249. The molecule has 3 nitrogen and oxygen atoms in total. The number of nitrogens with zero attached hydrogens (tertiary/aromatic N) is 1. The van der Waals surface area contributed by atoms with Gasteiger partial charge >= 0.3 is 0 Å². The molecule has 0 saturated carbocycles.